The SMILES string of the molecule is COCCCOc1cccc(C(=O)NC(CN)C2CC2)c1.Cl. The Morgan fingerprint density at radius 1 is 1.41 bits per heavy atom. The molecule has 22 heavy (non-hydrogen) atoms. The molecule has 1 atom stereocenters. The lowest BCUT2D eigenvalue weighted by atomic mass is 10.1. The van der Waals surface area contributed by atoms with Crippen LogP contribution >= 0.6 is 12.4 Å². The summed E-state index contributed by atoms with van der Waals surface area (Å²) in [6.07, 6.45) is 3.14. The first kappa shape index (κ1) is 18.7. The molecule has 1 aromatic carbocycles. The van der Waals surface area contributed by atoms with Gasteiger partial charge in [0.05, 0.1) is 6.61 Å². The van der Waals surface area contributed by atoms with E-state index in [1.165, 1.54) is 0 Å². The molecular weight excluding hydrogens is 304 g/mol. The van der Waals surface area contributed by atoms with E-state index < -0.39 is 0 Å². The van der Waals surface area contributed by atoms with Gasteiger partial charge in [-0.2, -0.15) is 0 Å². The summed E-state index contributed by atoms with van der Waals surface area (Å²) in [6.45, 7) is 1.73. The first-order valence-corrected chi connectivity index (χ1v) is 7.47. The number of nitrogens with one attached hydrogen (secondary N) is 1. The van der Waals surface area contributed by atoms with Gasteiger partial charge in [-0.25, -0.2) is 0 Å². The number of hydrogen-bond acceptors (Lipinski definition) is 4. The fourth-order valence-electron chi connectivity index (χ4n) is 2.24. The van der Waals surface area contributed by atoms with Crippen LogP contribution in [0, 0.1) is 5.92 Å². The van der Waals surface area contributed by atoms with Gasteiger partial charge in [-0.1, -0.05) is 6.07 Å². The van der Waals surface area contributed by atoms with Crippen molar-refractivity contribution in [2.45, 2.75) is 25.3 Å². The molecule has 5 nitrogen and oxygen atoms in total. The second-order valence-electron chi connectivity index (χ2n) is 5.38. The van der Waals surface area contributed by atoms with Gasteiger partial charge < -0.3 is 20.5 Å². The fraction of sp³-hybridized carbons (Fsp3) is 0.562. The number of ether oxygens (including phenoxy) is 2. The van der Waals surface area contributed by atoms with Crippen LogP contribution in [-0.2, 0) is 4.74 Å². The average Bonchev–Trinajstić information content (AvgIpc) is 3.34. The molecule has 2 rings (SSSR count). The van der Waals surface area contributed by atoms with E-state index >= 15 is 0 Å². The van der Waals surface area contributed by atoms with Gasteiger partial charge in [-0.05, 0) is 37.0 Å². The lowest BCUT2D eigenvalue weighted by Crippen LogP contribution is -2.41. The van der Waals surface area contributed by atoms with Crippen molar-refractivity contribution < 1.29 is 14.3 Å². The maximum atomic E-state index is 12.2. The Labute approximate surface area is 138 Å². The molecule has 0 radical (unpaired) electrons. The lowest BCUT2D eigenvalue weighted by molar-refractivity contribution is 0.0933. The molecule has 0 heterocycles. The van der Waals surface area contributed by atoms with Crippen LogP contribution in [0.1, 0.15) is 29.6 Å². The standard InChI is InChI=1S/C16H24N2O3.ClH/c1-20-8-3-9-21-14-5-2-4-13(10-14)16(19)18-15(11-17)12-6-7-12;/h2,4-5,10,12,15H,3,6-9,11,17H2,1H3,(H,18,19);1H. The number of rotatable bonds is 9. The van der Waals surface area contributed by atoms with E-state index in [0.717, 1.165) is 19.3 Å². The Balaban J connectivity index is 0.00000242. The molecule has 0 aliphatic heterocycles. The summed E-state index contributed by atoms with van der Waals surface area (Å²) in [4.78, 5) is 12.2. The van der Waals surface area contributed by atoms with Crippen molar-refractivity contribution >= 4 is 18.3 Å². The highest BCUT2D eigenvalue weighted by Crippen LogP contribution is 2.32. The summed E-state index contributed by atoms with van der Waals surface area (Å²) in [5.74, 6) is 1.17. The maximum Gasteiger partial charge on any atom is 0.251 e. The molecule has 1 aliphatic carbocycles. The zero-order valence-electron chi connectivity index (χ0n) is 12.9. The first-order chi connectivity index (χ1) is 10.2. The molecule has 124 valence electrons. The Morgan fingerprint density at radius 2 is 2.18 bits per heavy atom. The second kappa shape index (κ2) is 9.66. The Kier molecular flexibility index (Phi) is 8.24. The van der Waals surface area contributed by atoms with Gasteiger partial charge in [0.25, 0.3) is 5.91 Å². The van der Waals surface area contributed by atoms with Crippen molar-refractivity contribution in [3.05, 3.63) is 29.8 Å². The molecule has 1 unspecified atom stereocenters. The van der Waals surface area contributed by atoms with Crippen LogP contribution in [0.3, 0.4) is 0 Å². The highest BCUT2D eigenvalue weighted by molar-refractivity contribution is 5.94. The summed E-state index contributed by atoms with van der Waals surface area (Å²) in [5, 5.41) is 3.01. The number of nitrogens with two attached hydrogens (primary N) is 1. The van der Waals surface area contributed by atoms with Crippen LogP contribution in [0.5, 0.6) is 5.75 Å². The van der Waals surface area contributed by atoms with Gasteiger partial charge >= 0.3 is 0 Å². The predicted octanol–water partition coefficient (Wildman–Crippen LogP) is 1.99. The van der Waals surface area contributed by atoms with E-state index in [1.54, 1.807) is 19.2 Å². The number of hydrogen-bond donors (Lipinski definition) is 2. The molecule has 1 aromatic rings. The van der Waals surface area contributed by atoms with Gasteiger partial charge in [0.1, 0.15) is 5.75 Å². The van der Waals surface area contributed by atoms with Gasteiger partial charge in [-0.3, -0.25) is 4.79 Å². The maximum absolute atomic E-state index is 12.2. The van der Waals surface area contributed by atoms with Crippen LogP contribution < -0.4 is 15.8 Å². The number of carbonyl (C=O) groups is 1. The van der Waals surface area contributed by atoms with Crippen LogP contribution in [0.15, 0.2) is 24.3 Å². The molecule has 0 aromatic heterocycles. The van der Waals surface area contributed by atoms with E-state index in [9.17, 15) is 4.79 Å². The van der Waals surface area contributed by atoms with E-state index in [2.05, 4.69) is 5.32 Å². The largest absolute Gasteiger partial charge is 0.493 e. The third-order valence-corrected chi connectivity index (χ3v) is 3.62. The molecule has 0 bridgehead atoms. The van der Waals surface area contributed by atoms with E-state index in [0.29, 0.717) is 37.0 Å². The van der Waals surface area contributed by atoms with Crippen LogP contribution in [0.4, 0.5) is 0 Å². The first-order valence-electron chi connectivity index (χ1n) is 7.47. The van der Waals surface area contributed by atoms with Crippen LogP contribution in [0.25, 0.3) is 0 Å². The van der Waals surface area contributed by atoms with Crippen molar-refractivity contribution in [1.82, 2.24) is 5.32 Å². The lowest BCUT2D eigenvalue weighted by Gasteiger charge is -2.16. The number of carbonyl (C=O) groups excluding carboxylic acids is 1. The molecule has 1 amide bonds. The summed E-state index contributed by atoms with van der Waals surface area (Å²) in [6, 6.07) is 7.32. The molecule has 1 aliphatic rings. The number of halogens is 1. The average molecular weight is 329 g/mol. The third-order valence-electron chi connectivity index (χ3n) is 3.62. The summed E-state index contributed by atoms with van der Waals surface area (Å²) >= 11 is 0. The minimum absolute atomic E-state index is 0. The number of benzene rings is 1. The van der Waals surface area contributed by atoms with Crippen molar-refractivity contribution in [2.75, 3.05) is 26.9 Å². The number of methoxy groups -OCH3 is 1. The van der Waals surface area contributed by atoms with Gasteiger partial charge in [0.15, 0.2) is 0 Å². The Morgan fingerprint density at radius 3 is 2.82 bits per heavy atom. The quantitative estimate of drug-likeness (QED) is 0.680. The van der Waals surface area contributed by atoms with Crippen molar-refractivity contribution in [3.63, 3.8) is 0 Å². The molecule has 0 spiro atoms. The normalized spacial score (nSPS) is 14.8. The highest BCUT2D eigenvalue weighted by Gasteiger charge is 2.31. The van der Waals surface area contributed by atoms with Crippen molar-refractivity contribution in [1.29, 1.82) is 0 Å². The van der Waals surface area contributed by atoms with Crippen LogP contribution in [-0.4, -0.2) is 38.8 Å². The van der Waals surface area contributed by atoms with Gasteiger partial charge in [-0.15, -0.1) is 12.4 Å². The van der Waals surface area contributed by atoms with Crippen molar-refractivity contribution in [2.24, 2.45) is 11.7 Å². The predicted molar refractivity (Wildman–Crippen MR) is 88.7 cm³/mol. The molecule has 0 saturated heterocycles. The van der Waals surface area contributed by atoms with E-state index in [-0.39, 0.29) is 24.4 Å². The molecule has 1 saturated carbocycles. The van der Waals surface area contributed by atoms with Crippen molar-refractivity contribution in [3.8, 4) is 5.75 Å². The second-order valence-corrected chi connectivity index (χ2v) is 5.38. The minimum Gasteiger partial charge on any atom is -0.493 e. The zero-order chi connectivity index (χ0) is 15.1. The van der Waals surface area contributed by atoms with E-state index in [1.807, 2.05) is 12.1 Å². The number of amides is 1. The molecular formula is C16H25ClN2O3. The fourth-order valence-corrected chi connectivity index (χ4v) is 2.24. The van der Waals surface area contributed by atoms with Gasteiger partial charge in [0, 0.05) is 38.3 Å². The molecule has 1 fully saturated rings. The Hall–Kier alpha value is -1.30. The van der Waals surface area contributed by atoms with Gasteiger partial charge in [0.2, 0.25) is 0 Å². The molecule has 3 N–H and O–H groups in total. The highest BCUT2D eigenvalue weighted by atomic mass is 35.5. The molecule has 6 heteroatoms. The Bertz CT molecular complexity index is 466. The monoisotopic (exact) mass is 328 g/mol. The topological polar surface area (TPSA) is 73.6 Å². The minimum atomic E-state index is -0.0836. The smallest absolute Gasteiger partial charge is 0.251 e. The third kappa shape index (κ3) is 5.83. The van der Waals surface area contributed by atoms with Crippen LogP contribution in [0.2, 0.25) is 0 Å². The summed E-state index contributed by atoms with van der Waals surface area (Å²) in [7, 11) is 1.67. The van der Waals surface area contributed by atoms with E-state index in [4.69, 9.17) is 15.2 Å². The summed E-state index contributed by atoms with van der Waals surface area (Å²) < 4.78 is 10.6. The zero-order valence-corrected chi connectivity index (χ0v) is 13.7. The summed E-state index contributed by atoms with van der Waals surface area (Å²) in [5.41, 5.74) is 6.32.